The van der Waals surface area contributed by atoms with Crippen LogP contribution in [0.25, 0.3) is 0 Å². The van der Waals surface area contributed by atoms with E-state index < -0.39 is 10.0 Å². The molecule has 7 heteroatoms. The van der Waals surface area contributed by atoms with Gasteiger partial charge >= 0.3 is 0 Å². The van der Waals surface area contributed by atoms with E-state index in [0.29, 0.717) is 24.4 Å². The number of hydrogen-bond acceptors (Lipinski definition) is 4. The van der Waals surface area contributed by atoms with Crippen molar-refractivity contribution < 1.29 is 13.2 Å². The summed E-state index contributed by atoms with van der Waals surface area (Å²) in [5, 5.41) is 3.60. The summed E-state index contributed by atoms with van der Waals surface area (Å²) in [6.07, 6.45) is 3.18. The van der Waals surface area contributed by atoms with Crippen LogP contribution in [-0.4, -0.2) is 31.6 Å². The molecule has 2 heterocycles. The molecule has 0 unspecified atom stereocenters. The molecule has 29 heavy (non-hydrogen) atoms. The number of anilines is 1. The molecule has 3 atom stereocenters. The monoisotopic (exact) mass is 474 g/mol. The smallest absolute Gasteiger partial charge is 0.243 e. The van der Waals surface area contributed by atoms with E-state index in [1.165, 1.54) is 0 Å². The summed E-state index contributed by atoms with van der Waals surface area (Å²) in [6, 6.07) is 13.5. The fraction of sp³-hybridized carbons (Fsp3) is 0.409. The number of benzene rings is 2. The lowest BCUT2D eigenvalue weighted by Crippen LogP contribution is -2.32. The highest BCUT2D eigenvalue weighted by Crippen LogP contribution is 2.51. The number of nitrogens with zero attached hydrogens (tertiary/aromatic N) is 1. The number of ketones is 1. The van der Waals surface area contributed by atoms with Crippen LogP contribution in [0.1, 0.15) is 48.8 Å². The SMILES string of the molecule is O=C1CC[C@H]2[C@@H](c3ccc(Br)cc3)Nc3ccc(S(=O)(=O)N4CCCC4)cc3[C@@H]12. The number of carbonyl (C=O) groups excluding carboxylic acids is 1. The molecule has 1 saturated heterocycles. The molecule has 0 radical (unpaired) electrons. The Morgan fingerprint density at radius 2 is 1.76 bits per heavy atom. The third-order valence-electron chi connectivity index (χ3n) is 6.53. The molecule has 0 aromatic heterocycles. The minimum absolute atomic E-state index is 0.0492. The number of halogens is 1. The van der Waals surface area contributed by atoms with Crippen LogP contribution in [-0.2, 0) is 14.8 Å². The van der Waals surface area contributed by atoms with E-state index in [9.17, 15) is 13.2 Å². The molecule has 2 fully saturated rings. The van der Waals surface area contributed by atoms with Gasteiger partial charge in [0.25, 0.3) is 0 Å². The molecular weight excluding hydrogens is 452 g/mol. The number of Topliss-reactive ketones (excluding diaryl/α,β-unsaturated/α-hetero) is 1. The van der Waals surface area contributed by atoms with Crippen LogP contribution in [0.4, 0.5) is 5.69 Å². The van der Waals surface area contributed by atoms with E-state index in [2.05, 4.69) is 33.4 Å². The summed E-state index contributed by atoms with van der Waals surface area (Å²) in [7, 11) is -3.50. The van der Waals surface area contributed by atoms with E-state index >= 15 is 0 Å². The number of carbonyl (C=O) groups is 1. The number of hydrogen-bond donors (Lipinski definition) is 1. The maximum atomic E-state index is 13.0. The Balaban J connectivity index is 1.56. The van der Waals surface area contributed by atoms with Gasteiger partial charge < -0.3 is 5.32 Å². The molecule has 0 amide bonds. The van der Waals surface area contributed by atoms with Crippen LogP contribution < -0.4 is 5.32 Å². The lowest BCUT2D eigenvalue weighted by atomic mass is 9.77. The van der Waals surface area contributed by atoms with Gasteiger partial charge in [0, 0.05) is 35.6 Å². The van der Waals surface area contributed by atoms with Crippen LogP contribution in [0, 0.1) is 5.92 Å². The summed E-state index contributed by atoms with van der Waals surface area (Å²) in [4.78, 5) is 13.1. The van der Waals surface area contributed by atoms with Crippen LogP contribution in [0.3, 0.4) is 0 Å². The number of sulfonamides is 1. The van der Waals surface area contributed by atoms with Crippen molar-refractivity contribution >= 4 is 37.4 Å². The zero-order valence-electron chi connectivity index (χ0n) is 16.0. The Hall–Kier alpha value is -1.70. The van der Waals surface area contributed by atoms with Crippen molar-refractivity contribution in [2.45, 2.75) is 42.5 Å². The predicted molar refractivity (Wildman–Crippen MR) is 115 cm³/mol. The van der Waals surface area contributed by atoms with Crippen LogP contribution in [0.15, 0.2) is 51.8 Å². The fourth-order valence-electron chi connectivity index (χ4n) is 5.08. The quantitative estimate of drug-likeness (QED) is 0.712. The molecule has 0 spiro atoms. The largest absolute Gasteiger partial charge is 0.378 e. The van der Waals surface area contributed by atoms with Gasteiger partial charge in [0.05, 0.1) is 10.9 Å². The van der Waals surface area contributed by atoms with Gasteiger partial charge in [0.2, 0.25) is 10.0 Å². The summed E-state index contributed by atoms with van der Waals surface area (Å²) < 4.78 is 28.6. The molecule has 2 aromatic rings. The zero-order valence-corrected chi connectivity index (χ0v) is 18.4. The highest BCUT2D eigenvalue weighted by Gasteiger charge is 2.45. The molecule has 3 aliphatic rings. The maximum absolute atomic E-state index is 13.0. The maximum Gasteiger partial charge on any atom is 0.243 e. The van der Waals surface area contributed by atoms with Gasteiger partial charge in [-0.15, -0.1) is 0 Å². The average molecular weight is 475 g/mol. The van der Waals surface area contributed by atoms with Crippen molar-refractivity contribution in [1.82, 2.24) is 4.31 Å². The van der Waals surface area contributed by atoms with E-state index in [-0.39, 0.29) is 23.7 Å². The van der Waals surface area contributed by atoms with Crippen molar-refractivity contribution in [2.24, 2.45) is 5.92 Å². The minimum Gasteiger partial charge on any atom is -0.378 e. The summed E-state index contributed by atoms with van der Waals surface area (Å²) >= 11 is 3.48. The molecule has 152 valence electrons. The van der Waals surface area contributed by atoms with Crippen molar-refractivity contribution in [3.63, 3.8) is 0 Å². The molecule has 2 aliphatic heterocycles. The van der Waals surface area contributed by atoms with E-state index in [4.69, 9.17) is 0 Å². The van der Waals surface area contributed by atoms with Gasteiger partial charge in [-0.3, -0.25) is 4.79 Å². The first-order valence-corrected chi connectivity index (χ1v) is 12.4. The standard InChI is InChI=1S/C22H23BrN2O3S/c23-15-5-3-14(4-6-15)22-17-8-10-20(26)21(17)18-13-16(7-9-19(18)24-22)29(27,28)25-11-1-2-12-25/h3-7,9,13,17,21-22,24H,1-2,8,10-12H2/t17-,21+,22-/m1/s1. The topological polar surface area (TPSA) is 66.5 Å². The summed E-state index contributed by atoms with van der Waals surface area (Å²) in [5.74, 6) is 0.116. The molecular formula is C22H23BrN2O3S. The Morgan fingerprint density at radius 3 is 2.48 bits per heavy atom. The minimum atomic E-state index is -3.50. The normalized spacial score (nSPS) is 26.8. The zero-order chi connectivity index (χ0) is 20.2. The van der Waals surface area contributed by atoms with E-state index in [0.717, 1.165) is 40.5 Å². The van der Waals surface area contributed by atoms with Gasteiger partial charge in [-0.05, 0) is 66.6 Å². The van der Waals surface area contributed by atoms with Gasteiger partial charge in [0.15, 0.2) is 0 Å². The van der Waals surface area contributed by atoms with Gasteiger partial charge in [-0.25, -0.2) is 8.42 Å². The Labute approximate surface area is 179 Å². The van der Waals surface area contributed by atoms with Gasteiger partial charge in [0.1, 0.15) is 5.78 Å². The van der Waals surface area contributed by atoms with E-state index in [1.54, 1.807) is 16.4 Å². The Kier molecular flexibility index (Phi) is 4.80. The second kappa shape index (κ2) is 7.22. The molecule has 5 nitrogen and oxygen atoms in total. The molecule has 1 aliphatic carbocycles. The summed E-state index contributed by atoms with van der Waals surface area (Å²) in [5.41, 5.74) is 2.86. The highest BCUT2D eigenvalue weighted by atomic mass is 79.9. The number of nitrogens with one attached hydrogen (secondary N) is 1. The molecule has 5 rings (SSSR count). The van der Waals surface area contributed by atoms with Crippen molar-refractivity contribution in [3.8, 4) is 0 Å². The van der Waals surface area contributed by atoms with Crippen LogP contribution in [0.2, 0.25) is 0 Å². The molecule has 1 saturated carbocycles. The van der Waals surface area contributed by atoms with Crippen molar-refractivity contribution in [1.29, 1.82) is 0 Å². The Bertz CT molecular complexity index is 1060. The Morgan fingerprint density at radius 1 is 1.03 bits per heavy atom. The predicted octanol–water partition coefficient (Wildman–Crippen LogP) is 4.46. The first kappa shape index (κ1) is 19.3. The number of rotatable bonds is 3. The third-order valence-corrected chi connectivity index (χ3v) is 8.95. The second-order valence-corrected chi connectivity index (χ2v) is 11.0. The second-order valence-electron chi connectivity index (χ2n) is 8.18. The van der Waals surface area contributed by atoms with Crippen LogP contribution >= 0.6 is 15.9 Å². The molecule has 2 aromatic carbocycles. The van der Waals surface area contributed by atoms with Crippen molar-refractivity contribution in [3.05, 3.63) is 58.1 Å². The van der Waals surface area contributed by atoms with Crippen molar-refractivity contribution in [2.75, 3.05) is 18.4 Å². The van der Waals surface area contributed by atoms with E-state index in [1.807, 2.05) is 18.2 Å². The lowest BCUT2D eigenvalue weighted by Gasteiger charge is -2.37. The molecule has 0 bridgehead atoms. The van der Waals surface area contributed by atoms with Crippen LogP contribution in [0.5, 0.6) is 0 Å². The summed E-state index contributed by atoms with van der Waals surface area (Å²) in [6.45, 7) is 1.16. The lowest BCUT2D eigenvalue weighted by molar-refractivity contribution is -0.119. The first-order valence-electron chi connectivity index (χ1n) is 10.1. The van der Waals surface area contributed by atoms with Gasteiger partial charge in [-0.1, -0.05) is 28.1 Å². The fourth-order valence-corrected chi connectivity index (χ4v) is 6.89. The third kappa shape index (κ3) is 3.23. The molecule has 1 N–H and O–H groups in total. The number of fused-ring (bicyclic) bond motifs is 3. The first-order chi connectivity index (χ1) is 13.9. The highest BCUT2D eigenvalue weighted by molar-refractivity contribution is 9.10. The van der Waals surface area contributed by atoms with Gasteiger partial charge in [-0.2, -0.15) is 4.31 Å². The average Bonchev–Trinajstić information content (AvgIpc) is 3.39.